The average Bonchev–Trinajstić information content (AvgIpc) is 2.72. The molecule has 0 saturated heterocycles. The molecule has 0 bridgehead atoms. The first-order chi connectivity index (χ1) is 13.8. The molecule has 0 unspecified atom stereocenters. The number of likely N-dealkylation sites (N-methyl/N-ethyl adjacent to an activating group) is 1. The summed E-state index contributed by atoms with van der Waals surface area (Å²) in [5.41, 5.74) is 3.27. The van der Waals surface area contributed by atoms with Gasteiger partial charge < -0.3 is 24.0 Å². The molecule has 7 nitrogen and oxygen atoms in total. The number of benzene rings is 2. The lowest BCUT2D eigenvalue weighted by Crippen LogP contribution is -2.31. The van der Waals surface area contributed by atoms with E-state index in [0.717, 1.165) is 16.8 Å². The minimum Gasteiger partial charge on any atom is -0.493 e. The molecule has 0 aromatic heterocycles. The Kier molecular flexibility index (Phi) is 7.47. The highest BCUT2D eigenvalue weighted by Gasteiger charge is 2.16. The Morgan fingerprint density at radius 3 is 2.07 bits per heavy atom. The summed E-state index contributed by atoms with van der Waals surface area (Å²) in [4.78, 5) is 28.0. The van der Waals surface area contributed by atoms with Crippen LogP contribution in [0.1, 0.15) is 21.5 Å². The van der Waals surface area contributed by atoms with E-state index in [4.69, 9.17) is 14.2 Å². The third kappa shape index (κ3) is 5.63. The third-order valence-corrected chi connectivity index (χ3v) is 4.62. The van der Waals surface area contributed by atoms with Crippen molar-refractivity contribution in [3.8, 4) is 11.5 Å². The van der Waals surface area contributed by atoms with Gasteiger partial charge in [-0.1, -0.05) is 0 Å². The molecule has 0 N–H and O–H groups in total. The molecule has 0 spiro atoms. The van der Waals surface area contributed by atoms with E-state index >= 15 is 0 Å². The standard InChI is InChI=1S/C22H28N2O5/c1-15-11-19(27-5)20(28-6)12-17(15)13-24(4)21(25)14-29-22(26)16-7-9-18(10-8-16)23(2)3/h7-12H,13-14H2,1-6H3. The lowest BCUT2D eigenvalue weighted by atomic mass is 10.1. The van der Waals surface area contributed by atoms with Gasteiger partial charge in [0.1, 0.15) is 0 Å². The minimum absolute atomic E-state index is 0.294. The van der Waals surface area contributed by atoms with Gasteiger partial charge in [0.15, 0.2) is 18.1 Å². The van der Waals surface area contributed by atoms with E-state index in [2.05, 4.69) is 0 Å². The first kappa shape index (κ1) is 22.1. The van der Waals surface area contributed by atoms with Crippen molar-refractivity contribution in [1.82, 2.24) is 4.90 Å². The molecular weight excluding hydrogens is 372 g/mol. The van der Waals surface area contributed by atoms with Gasteiger partial charge in [-0.05, 0) is 54.4 Å². The van der Waals surface area contributed by atoms with Crippen LogP contribution in [-0.2, 0) is 16.1 Å². The van der Waals surface area contributed by atoms with Crippen LogP contribution in [0.25, 0.3) is 0 Å². The molecule has 0 fully saturated rings. The Hall–Kier alpha value is -3.22. The fourth-order valence-corrected chi connectivity index (χ4v) is 2.75. The van der Waals surface area contributed by atoms with E-state index in [0.29, 0.717) is 23.6 Å². The summed E-state index contributed by atoms with van der Waals surface area (Å²) in [6.07, 6.45) is 0. The van der Waals surface area contributed by atoms with Gasteiger partial charge in [-0.2, -0.15) is 0 Å². The highest BCUT2D eigenvalue weighted by Crippen LogP contribution is 2.30. The van der Waals surface area contributed by atoms with Crippen LogP contribution in [0.15, 0.2) is 36.4 Å². The molecule has 7 heteroatoms. The van der Waals surface area contributed by atoms with Gasteiger partial charge >= 0.3 is 5.97 Å². The Labute approximate surface area is 171 Å². The maximum absolute atomic E-state index is 12.4. The van der Waals surface area contributed by atoms with Gasteiger partial charge in [-0.3, -0.25) is 4.79 Å². The molecule has 156 valence electrons. The number of amides is 1. The van der Waals surface area contributed by atoms with Crippen molar-refractivity contribution in [3.05, 3.63) is 53.1 Å². The van der Waals surface area contributed by atoms with Gasteiger partial charge in [-0.25, -0.2) is 4.79 Å². The maximum atomic E-state index is 12.4. The Morgan fingerprint density at radius 2 is 1.52 bits per heavy atom. The molecule has 29 heavy (non-hydrogen) atoms. The van der Waals surface area contributed by atoms with Crippen LogP contribution in [0.5, 0.6) is 11.5 Å². The van der Waals surface area contributed by atoms with Crippen molar-refractivity contribution in [2.75, 3.05) is 46.9 Å². The Bertz CT molecular complexity index is 862. The fraction of sp³-hybridized carbons (Fsp3) is 0.364. The zero-order valence-electron chi connectivity index (χ0n) is 17.8. The lowest BCUT2D eigenvalue weighted by molar-refractivity contribution is -0.133. The van der Waals surface area contributed by atoms with Crippen molar-refractivity contribution in [3.63, 3.8) is 0 Å². The predicted octanol–water partition coefficient (Wildman–Crippen LogP) is 2.89. The number of carbonyl (C=O) groups excluding carboxylic acids is 2. The largest absolute Gasteiger partial charge is 0.493 e. The number of hydrogen-bond donors (Lipinski definition) is 0. The van der Waals surface area contributed by atoms with Crippen molar-refractivity contribution in [1.29, 1.82) is 0 Å². The van der Waals surface area contributed by atoms with Crippen LogP contribution in [0.3, 0.4) is 0 Å². The Morgan fingerprint density at radius 1 is 0.931 bits per heavy atom. The van der Waals surface area contributed by atoms with Gasteiger partial charge in [-0.15, -0.1) is 0 Å². The quantitative estimate of drug-likeness (QED) is 0.635. The molecule has 0 saturated carbocycles. The monoisotopic (exact) mass is 400 g/mol. The lowest BCUT2D eigenvalue weighted by Gasteiger charge is -2.20. The molecule has 0 heterocycles. The van der Waals surface area contributed by atoms with Crippen LogP contribution < -0.4 is 14.4 Å². The number of anilines is 1. The minimum atomic E-state index is -0.528. The first-order valence-electron chi connectivity index (χ1n) is 9.16. The van der Waals surface area contributed by atoms with E-state index in [9.17, 15) is 9.59 Å². The summed E-state index contributed by atoms with van der Waals surface area (Å²) >= 11 is 0. The van der Waals surface area contributed by atoms with Crippen LogP contribution in [0, 0.1) is 6.92 Å². The maximum Gasteiger partial charge on any atom is 0.338 e. The molecule has 2 aromatic rings. The van der Waals surface area contributed by atoms with E-state index in [1.54, 1.807) is 33.4 Å². The number of aryl methyl sites for hydroxylation is 1. The molecule has 0 aliphatic heterocycles. The molecule has 0 aliphatic rings. The zero-order chi connectivity index (χ0) is 21.6. The molecule has 0 aliphatic carbocycles. The predicted molar refractivity (Wildman–Crippen MR) is 112 cm³/mol. The van der Waals surface area contributed by atoms with E-state index < -0.39 is 5.97 Å². The second kappa shape index (κ2) is 9.82. The average molecular weight is 400 g/mol. The van der Waals surface area contributed by atoms with Crippen molar-refractivity contribution >= 4 is 17.6 Å². The summed E-state index contributed by atoms with van der Waals surface area (Å²) in [6.45, 7) is 1.98. The summed E-state index contributed by atoms with van der Waals surface area (Å²) in [5, 5.41) is 0. The number of methoxy groups -OCH3 is 2. The summed E-state index contributed by atoms with van der Waals surface area (Å²) in [6, 6.07) is 10.7. The van der Waals surface area contributed by atoms with Crippen LogP contribution in [0.4, 0.5) is 5.69 Å². The Balaban J connectivity index is 1.96. The summed E-state index contributed by atoms with van der Waals surface area (Å²) in [5.74, 6) is 0.412. The smallest absolute Gasteiger partial charge is 0.338 e. The molecule has 0 atom stereocenters. The van der Waals surface area contributed by atoms with Crippen molar-refractivity contribution in [2.45, 2.75) is 13.5 Å². The van der Waals surface area contributed by atoms with Crippen molar-refractivity contribution in [2.24, 2.45) is 0 Å². The highest BCUT2D eigenvalue weighted by molar-refractivity contribution is 5.91. The molecule has 2 rings (SSSR count). The van der Waals surface area contributed by atoms with Crippen molar-refractivity contribution < 1.29 is 23.8 Å². The van der Waals surface area contributed by atoms with E-state index in [1.165, 1.54) is 4.90 Å². The normalized spacial score (nSPS) is 10.3. The van der Waals surface area contributed by atoms with Gasteiger partial charge in [0.25, 0.3) is 5.91 Å². The van der Waals surface area contributed by atoms with Crippen LogP contribution in [-0.4, -0.2) is 58.7 Å². The molecule has 2 aromatic carbocycles. The van der Waals surface area contributed by atoms with Gasteiger partial charge in [0, 0.05) is 33.4 Å². The summed E-state index contributed by atoms with van der Waals surface area (Å²) in [7, 11) is 8.65. The van der Waals surface area contributed by atoms with Gasteiger partial charge in [0.05, 0.1) is 19.8 Å². The topological polar surface area (TPSA) is 68.3 Å². The number of carbonyl (C=O) groups is 2. The van der Waals surface area contributed by atoms with Gasteiger partial charge in [0.2, 0.25) is 0 Å². The number of hydrogen-bond acceptors (Lipinski definition) is 6. The molecule has 1 amide bonds. The molecular formula is C22H28N2O5. The third-order valence-electron chi connectivity index (χ3n) is 4.62. The zero-order valence-corrected chi connectivity index (χ0v) is 17.8. The van der Waals surface area contributed by atoms with E-state index in [1.807, 2.05) is 50.2 Å². The second-order valence-electron chi connectivity index (χ2n) is 6.90. The number of nitrogens with zero attached hydrogens (tertiary/aromatic N) is 2. The number of esters is 1. The summed E-state index contributed by atoms with van der Waals surface area (Å²) < 4.78 is 15.8. The second-order valence-corrected chi connectivity index (χ2v) is 6.90. The van der Waals surface area contributed by atoms with Crippen LogP contribution >= 0.6 is 0 Å². The highest BCUT2D eigenvalue weighted by atomic mass is 16.5. The number of rotatable bonds is 8. The number of ether oxygens (including phenoxy) is 3. The van der Waals surface area contributed by atoms with E-state index in [-0.39, 0.29) is 12.5 Å². The van der Waals surface area contributed by atoms with Crippen LogP contribution in [0.2, 0.25) is 0 Å². The first-order valence-corrected chi connectivity index (χ1v) is 9.16. The fourth-order valence-electron chi connectivity index (χ4n) is 2.75. The SMILES string of the molecule is COc1cc(C)c(CN(C)C(=O)COC(=O)c2ccc(N(C)C)cc2)cc1OC. The molecule has 0 radical (unpaired) electrons.